The van der Waals surface area contributed by atoms with Crippen molar-refractivity contribution in [1.29, 1.82) is 0 Å². The van der Waals surface area contributed by atoms with E-state index in [4.69, 9.17) is 4.74 Å². The average Bonchev–Trinajstić information content (AvgIpc) is 3.08. The zero-order valence-corrected chi connectivity index (χ0v) is 12.4. The topological polar surface area (TPSA) is 47.4 Å². The van der Waals surface area contributed by atoms with E-state index in [2.05, 4.69) is 4.98 Å². The Hall–Kier alpha value is -1.66. The van der Waals surface area contributed by atoms with Gasteiger partial charge in [0.2, 0.25) is 0 Å². The highest BCUT2D eigenvalue weighted by Gasteiger charge is 2.28. The van der Waals surface area contributed by atoms with Gasteiger partial charge in [0.15, 0.2) is 0 Å². The van der Waals surface area contributed by atoms with Crippen LogP contribution in [0.4, 0.5) is 0 Å². The summed E-state index contributed by atoms with van der Waals surface area (Å²) in [6, 6.07) is 1.86. The van der Waals surface area contributed by atoms with Crippen LogP contribution in [0.25, 0.3) is 0 Å². The summed E-state index contributed by atoms with van der Waals surface area (Å²) in [7, 11) is 1.96. The summed E-state index contributed by atoms with van der Waals surface area (Å²) < 4.78 is 7.75. The molecule has 3 rings (SSSR count). The van der Waals surface area contributed by atoms with Crippen molar-refractivity contribution in [2.24, 2.45) is 7.05 Å². The van der Waals surface area contributed by atoms with Crippen LogP contribution < -0.4 is 0 Å². The van der Waals surface area contributed by atoms with Gasteiger partial charge in [0.05, 0.1) is 24.4 Å². The maximum Gasteiger partial charge on any atom is 0.254 e. The summed E-state index contributed by atoms with van der Waals surface area (Å²) in [4.78, 5) is 18.7. The summed E-state index contributed by atoms with van der Waals surface area (Å²) in [6.07, 6.45) is 1.82. The van der Waals surface area contributed by atoms with Crippen molar-refractivity contribution < 1.29 is 9.53 Å². The van der Waals surface area contributed by atoms with E-state index in [9.17, 15) is 4.79 Å². The van der Waals surface area contributed by atoms with Gasteiger partial charge in [-0.15, -0.1) is 0 Å². The van der Waals surface area contributed by atoms with Crippen molar-refractivity contribution in [2.45, 2.75) is 13.0 Å². The number of carbonyl (C=O) groups excluding carboxylic acids is 1. The molecule has 5 nitrogen and oxygen atoms in total. The standard InChI is InChI=1S/C14H17N3O2S/c1-10-7-16(2)13(15-10)12-8-17(4-5-19-12)14(18)11-3-6-20-9-11/h3,6-7,9,12H,4-5,8H2,1-2H3/t12-/m0/s1. The van der Waals surface area contributed by atoms with Gasteiger partial charge in [0, 0.05) is 25.2 Å². The van der Waals surface area contributed by atoms with Crippen molar-refractivity contribution in [3.63, 3.8) is 0 Å². The lowest BCUT2D eigenvalue weighted by Crippen LogP contribution is -2.42. The number of rotatable bonds is 2. The Morgan fingerprint density at radius 1 is 1.55 bits per heavy atom. The molecule has 1 atom stereocenters. The Kier molecular flexibility index (Phi) is 3.58. The molecule has 6 heteroatoms. The summed E-state index contributed by atoms with van der Waals surface area (Å²) in [5.74, 6) is 0.954. The van der Waals surface area contributed by atoms with Gasteiger partial charge in [-0.1, -0.05) is 0 Å². The fraction of sp³-hybridized carbons (Fsp3) is 0.429. The monoisotopic (exact) mass is 291 g/mol. The third-order valence-electron chi connectivity index (χ3n) is 3.44. The summed E-state index contributed by atoms with van der Waals surface area (Å²) >= 11 is 1.54. The number of amides is 1. The highest BCUT2D eigenvalue weighted by atomic mass is 32.1. The lowest BCUT2D eigenvalue weighted by molar-refractivity contribution is -0.0279. The zero-order chi connectivity index (χ0) is 14.1. The van der Waals surface area contributed by atoms with E-state index in [-0.39, 0.29) is 12.0 Å². The van der Waals surface area contributed by atoms with Crippen molar-refractivity contribution in [3.05, 3.63) is 40.1 Å². The van der Waals surface area contributed by atoms with Crippen LogP contribution in [0.2, 0.25) is 0 Å². The van der Waals surface area contributed by atoms with Crippen molar-refractivity contribution in [2.75, 3.05) is 19.7 Å². The van der Waals surface area contributed by atoms with Gasteiger partial charge in [-0.2, -0.15) is 11.3 Å². The Morgan fingerprint density at radius 2 is 2.40 bits per heavy atom. The molecule has 0 saturated carbocycles. The maximum absolute atomic E-state index is 12.4. The number of thiophene rings is 1. The van der Waals surface area contributed by atoms with Crippen LogP contribution in [-0.4, -0.2) is 40.1 Å². The molecule has 0 unspecified atom stereocenters. The molecule has 2 aromatic heterocycles. The Bertz CT molecular complexity index is 606. The second-order valence-corrected chi connectivity index (χ2v) is 5.75. The largest absolute Gasteiger partial charge is 0.367 e. The Labute approximate surface area is 121 Å². The minimum atomic E-state index is -0.148. The number of hydrogen-bond acceptors (Lipinski definition) is 4. The molecule has 3 heterocycles. The van der Waals surface area contributed by atoms with Crippen molar-refractivity contribution in [3.8, 4) is 0 Å². The number of hydrogen-bond donors (Lipinski definition) is 0. The summed E-state index contributed by atoms with van der Waals surface area (Å²) in [5.41, 5.74) is 1.72. The minimum Gasteiger partial charge on any atom is -0.367 e. The maximum atomic E-state index is 12.4. The number of ether oxygens (including phenoxy) is 1. The first-order valence-corrected chi connectivity index (χ1v) is 7.52. The van der Waals surface area contributed by atoms with E-state index >= 15 is 0 Å². The molecule has 1 fully saturated rings. The molecule has 106 valence electrons. The van der Waals surface area contributed by atoms with E-state index < -0.39 is 0 Å². The molecule has 0 radical (unpaired) electrons. The van der Waals surface area contributed by atoms with Crippen molar-refractivity contribution in [1.82, 2.24) is 14.5 Å². The number of nitrogens with zero attached hydrogens (tertiary/aromatic N) is 3. The van der Waals surface area contributed by atoms with E-state index in [1.807, 2.05) is 46.5 Å². The molecule has 1 aliphatic heterocycles. The number of aryl methyl sites for hydroxylation is 2. The van der Waals surface area contributed by atoms with Crippen molar-refractivity contribution >= 4 is 17.2 Å². The van der Waals surface area contributed by atoms with Crippen LogP contribution in [0.1, 0.15) is 28.0 Å². The quantitative estimate of drug-likeness (QED) is 0.850. The SMILES string of the molecule is Cc1cn(C)c([C@@H]2CN(C(=O)c3ccsc3)CCO2)n1. The lowest BCUT2D eigenvalue weighted by atomic mass is 10.2. The van der Waals surface area contributed by atoms with Crippen LogP contribution in [-0.2, 0) is 11.8 Å². The molecule has 2 aromatic rings. The number of aromatic nitrogens is 2. The fourth-order valence-electron chi connectivity index (χ4n) is 2.49. The van der Waals surface area contributed by atoms with Crippen LogP contribution in [0.5, 0.6) is 0 Å². The predicted molar refractivity (Wildman–Crippen MR) is 76.9 cm³/mol. The first-order valence-electron chi connectivity index (χ1n) is 6.58. The smallest absolute Gasteiger partial charge is 0.254 e. The molecule has 0 N–H and O–H groups in total. The lowest BCUT2D eigenvalue weighted by Gasteiger charge is -2.32. The third kappa shape index (κ3) is 2.48. The molecule has 20 heavy (non-hydrogen) atoms. The van der Waals surface area contributed by atoms with Gasteiger partial charge in [-0.25, -0.2) is 4.98 Å². The minimum absolute atomic E-state index is 0.0745. The number of imidazole rings is 1. The first-order chi connectivity index (χ1) is 9.65. The normalized spacial score (nSPS) is 19.3. The van der Waals surface area contributed by atoms with Gasteiger partial charge in [-0.3, -0.25) is 4.79 Å². The predicted octanol–water partition coefficient (Wildman–Crippen LogP) is 2.00. The van der Waals surface area contributed by atoms with Gasteiger partial charge in [0.1, 0.15) is 11.9 Å². The molecule has 0 spiro atoms. The van der Waals surface area contributed by atoms with Crippen LogP contribution in [0, 0.1) is 6.92 Å². The van der Waals surface area contributed by atoms with E-state index in [1.165, 1.54) is 11.3 Å². The van der Waals surface area contributed by atoms with Gasteiger partial charge in [-0.05, 0) is 18.4 Å². The van der Waals surface area contributed by atoms with Crippen LogP contribution >= 0.6 is 11.3 Å². The second kappa shape index (κ2) is 5.38. The summed E-state index contributed by atoms with van der Waals surface area (Å²) in [5, 5.41) is 3.81. The second-order valence-electron chi connectivity index (χ2n) is 4.97. The fourth-order valence-corrected chi connectivity index (χ4v) is 3.12. The van der Waals surface area contributed by atoms with E-state index in [1.54, 1.807) is 0 Å². The van der Waals surface area contributed by atoms with Crippen LogP contribution in [0.15, 0.2) is 23.0 Å². The van der Waals surface area contributed by atoms with Gasteiger partial charge >= 0.3 is 0 Å². The first kappa shape index (κ1) is 13.3. The molecular formula is C14H17N3O2S. The molecule has 1 amide bonds. The highest BCUT2D eigenvalue weighted by molar-refractivity contribution is 7.08. The molecule has 0 bridgehead atoms. The van der Waals surface area contributed by atoms with E-state index in [0.29, 0.717) is 19.7 Å². The Balaban J connectivity index is 1.77. The zero-order valence-electron chi connectivity index (χ0n) is 11.6. The molecule has 0 aliphatic carbocycles. The summed E-state index contributed by atoms with van der Waals surface area (Å²) in [6.45, 7) is 3.70. The number of morpholine rings is 1. The Morgan fingerprint density at radius 3 is 3.05 bits per heavy atom. The van der Waals surface area contributed by atoms with Gasteiger partial charge < -0.3 is 14.2 Å². The molecule has 1 aliphatic rings. The average molecular weight is 291 g/mol. The molecule has 0 aromatic carbocycles. The van der Waals surface area contributed by atoms with Crippen LogP contribution in [0.3, 0.4) is 0 Å². The molecular weight excluding hydrogens is 274 g/mol. The number of carbonyl (C=O) groups is 1. The highest BCUT2D eigenvalue weighted by Crippen LogP contribution is 2.23. The van der Waals surface area contributed by atoms with E-state index in [0.717, 1.165) is 17.1 Å². The van der Waals surface area contributed by atoms with Gasteiger partial charge in [0.25, 0.3) is 5.91 Å². The third-order valence-corrected chi connectivity index (χ3v) is 4.13. The molecule has 1 saturated heterocycles.